The van der Waals surface area contributed by atoms with Crippen LogP contribution in [0.1, 0.15) is 155 Å². The van der Waals surface area contributed by atoms with E-state index in [1.54, 1.807) is 0 Å². The summed E-state index contributed by atoms with van der Waals surface area (Å²) in [4.78, 5) is 0. The highest BCUT2D eigenvalue weighted by molar-refractivity contribution is 6.08. The molecule has 0 aliphatic rings. The summed E-state index contributed by atoms with van der Waals surface area (Å²) in [6, 6.07) is 9.27. The van der Waals surface area contributed by atoms with Crippen molar-refractivity contribution >= 4 is 16.3 Å². The van der Waals surface area contributed by atoms with Gasteiger partial charge in [0.15, 0.2) is 0 Å². The van der Waals surface area contributed by atoms with Gasteiger partial charge in [0.2, 0.25) is 6.29 Å². The fourth-order valence-corrected chi connectivity index (χ4v) is 5.71. The van der Waals surface area contributed by atoms with Crippen LogP contribution in [0.15, 0.2) is 24.3 Å². The lowest BCUT2D eigenvalue weighted by molar-refractivity contribution is -0.00735. The van der Waals surface area contributed by atoms with Crippen LogP contribution in [0.5, 0.6) is 11.5 Å². The van der Waals surface area contributed by atoms with Crippen LogP contribution in [0.2, 0.25) is 5.28 Å². The zero-order chi connectivity index (χ0) is 31.4. The van der Waals surface area contributed by atoms with Crippen molar-refractivity contribution < 1.29 is 9.47 Å². The molecule has 2 aromatic carbocycles. The van der Waals surface area contributed by atoms with Gasteiger partial charge in [-0.05, 0) is 41.9 Å². The van der Waals surface area contributed by atoms with E-state index >= 15 is 0 Å². The van der Waals surface area contributed by atoms with Crippen molar-refractivity contribution in [3.63, 3.8) is 0 Å². The number of ether oxygens (including phenoxy) is 2. The maximum Gasteiger partial charge on any atom is 0.241 e. The summed E-state index contributed by atoms with van der Waals surface area (Å²) >= 11 is 2.86. The van der Waals surface area contributed by atoms with Crippen molar-refractivity contribution in [3.05, 3.63) is 57.6 Å². The van der Waals surface area contributed by atoms with Crippen molar-refractivity contribution in [2.75, 3.05) is 0 Å². The van der Waals surface area contributed by atoms with Gasteiger partial charge in [0, 0.05) is 28.7 Å². The van der Waals surface area contributed by atoms with E-state index < -0.39 is 0 Å². The predicted molar refractivity (Wildman–Crippen MR) is 180 cm³/mol. The SMILES string of the molecule is Cc1cc(C(C)(C)C)c(OC(CCCCCC[CH2][Al])Oc2c(C(C)(C)C)cc(C)cc2C(C)(C)C)c(C(C)(C)C)c1. The average Bonchev–Trinajstić information content (AvgIpc) is 2.80. The summed E-state index contributed by atoms with van der Waals surface area (Å²) in [5.74, 6) is 2.01. The molecule has 41 heavy (non-hydrogen) atoms. The molecular weight excluding hydrogens is 515 g/mol. The van der Waals surface area contributed by atoms with Gasteiger partial charge in [0.1, 0.15) is 27.8 Å². The van der Waals surface area contributed by atoms with Gasteiger partial charge < -0.3 is 9.47 Å². The molecule has 0 aliphatic carbocycles. The summed E-state index contributed by atoms with van der Waals surface area (Å²) in [7, 11) is 0. The molecule has 0 saturated carbocycles. The molecule has 0 saturated heterocycles. The lowest BCUT2D eigenvalue weighted by Gasteiger charge is -2.35. The molecule has 0 spiro atoms. The summed E-state index contributed by atoms with van der Waals surface area (Å²) < 4.78 is 14.3. The van der Waals surface area contributed by atoms with E-state index in [0.717, 1.165) is 24.3 Å². The minimum atomic E-state index is -0.369. The molecule has 2 radical (unpaired) electrons. The Morgan fingerprint density at radius 2 is 0.805 bits per heavy atom. The molecular formula is C38H61AlO2. The molecule has 2 aromatic rings. The number of unbranched alkanes of at least 4 members (excludes halogenated alkanes) is 4. The maximum absolute atomic E-state index is 7.16. The second-order valence-electron chi connectivity index (χ2n) is 16.4. The Balaban J connectivity index is 2.70. The van der Waals surface area contributed by atoms with Crippen LogP contribution >= 0.6 is 0 Å². The Morgan fingerprint density at radius 1 is 0.512 bits per heavy atom. The van der Waals surface area contributed by atoms with Gasteiger partial charge in [-0.1, -0.05) is 144 Å². The highest BCUT2D eigenvalue weighted by Crippen LogP contribution is 2.44. The van der Waals surface area contributed by atoms with E-state index in [2.05, 4.69) is 137 Å². The number of benzene rings is 2. The Bertz CT molecular complexity index is 979. The molecule has 0 fully saturated rings. The van der Waals surface area contributed by atoms with Crippen LogP contribution in [-0.4, -0.2) is 22.6 Å². The topological polar surface area (TPSA) is 18.5 Å². The maximum atomic E-state index is 7.16. The standard InChI is InChI=1S/C38H61O2.Al/c1-16-17-18-19-20-21-32(39-33-28(35(4,5)6)22-26(2)23-29(33)36(7,8)9)40-34-30(37(10,11)12)24-27(3)25-31(34)38(13,14)15;/h22-25,32H,1,16-21H2,2-15H3;. The van der Waals surface area contributed by atoms with E-state index in [4.69, 9.17) is 9.47 Å². The molecule has 0 bridgehead atoms. The number of hydrogen-bond acceptors (Lipinski definition) is 2. The first kappa shape index (κ1) is 35.8. The van der Waals surface area contributed by atoms with Crippen LogP contribution in [0.25, 0.3) is 0 Å². The molecule has 0 heterocycles. The smallest absolute Gasteiger partial charge is 0.241 e. The second-order valence-corrected chi connectivity index (χ2v) is 17.0. The fraction of sp³-hybridized carbons (Fsp3) is 0.684. The Kier molecular flexibility index (Phi) is 12.1. The number of aryl methyl sites for hydroxylation is 2. The summed E-state index contributed by atoms with van der Waals surface area (Å²) in [6.07, 6.45) is 6.61. The van der Waals surface area contributed by atoms with E-state index in [0.29, 0.717) is 0 Å². The second kappa shape index (κ2) is 13.9. The van der Waals surface area contributed by atoms with Gasteiger partial charge in [0.05, 0.1) is 0 Å². The summed E-state index contributed by atoms with van der Waals surface area (Å²) in [6.45, 7) is 31.9. The lowest BCUT2D eigenvalue weighted by atomic mass is 9.78. The van der Waals surface area contributed by atoms with E-state index in [1.807, 2.05) is 0 Å². The van der Waals surface area contributed by atoms with Crippen molar-refractivity contribution in [2.45, 2.75) is 169 Å². The van der Waals surface area contributed by atoms with Gasteiger partial charge in [0.25, 0.3) is 0 Å². The van der Waals surface area contributed by atoms with Crippen LogP contribution in [0.3, 0.4) is 0 Å². The predicted octanol–water partition coefficient (Wildman–Crippen LogP) is 11.2. The third-order valence-electron chi connectivity index (χ3n) is 7.84. The first-order valence-corrected chi connectivity index (χ1v) is 16.8. The van der Waals surface area contributed by atoms with Gasteiger partial charge in [-0.3, -0.25) is 0 Å². The number of rotatable bonds is 11. The van der Waals surface area contributed by atoms with Crippen molar-refractivity contribution in [1.29, 1.82) is 0 Å². The molecule has 0 unspecified atom stereocenters. The van der Waals surface area contributed by atoms with Crippen LogP contribution in [0.4, 0.5) is 0 Å². The zero-order valence-electron chi connectivity index (χ0n) is 29.2. The highest BCUT2D eigenvalue weighted by atomic mass is 27.0. The van der Waals surface area contributed by atoms with Crippen molar-refractivity contribution in [1.82, 2.24) is 0 Å². The first-order valence-electron chi connectivity index (χ1n) is 16.0. The molecule has 3 heteroatoms. The van der Waals surface area contributed by atoms with E-state index in [1.165, 1.54) is 64.3 Å². The molecule has 0 atom stereocenters. The van der Waals surface area contributed by atoms with Crippen molar-refractivity contribution in [2.24, 2.45) is 0 Å². The molecule has 2 rings (SSSR count). The monoisotopic (exact) mass is 576 g/mol. The Labute approximate surface area is 262 Å². The Hall–Kier alpha value is -1.43. The van der Waals surface area contributed by atoms with Gasteiger partial charge in [-0.2, -0.15) is 0 Å². The van der Waals surface area contributed by atoms with Crippen LogP contribution < -0.4 is 9.47 Å². The van der Waals surface area contributed by atoms with Crippen LogP contribution in [0, 0.1) is 13.8 Å². The molecule has 0 N–H and O–H groups in total. The van der Waals surface area contributed by atoms with Gasteiger partial charge >= 0.3 is 0 Å². The van der Waals surface area contributed by atoms with Crippen molar-refractivity contribution in [3.8, 4) is 11.5 Å². The third kappa shape index (κ3) is 10.4. The normalized spacial score (nSPS) is 13.1. The number of hydrogen-bond donors (Lipinski definition) is 0. The lowest BCUT2D eigenvalue weighted by Crippen LogP contribution is -2.31. The average molecular weight is 577 g/mol. The zero-order valence-corrected chi connectivity index (χ0v) is 30.4. The van der Waals surface area contributed by atoms with E-state index in [9.17, 15) is 0 Å². The molecule has 0 amide bonds. The summed E-state index contributed by atoms with van der Waals surface area (Å²) in [5.41, 5.74) is 7.37. The van der Waals surface area contributed by atoms with Gasteiger partial charge in [-0.15, -0.1) is 5.28 Å². The molecule has 2 nitrogen and oxygen atoms in total. The van der Waals surface area contributed by atoms with Gasteiger partial charge in [-0.25, -0.2) is 0 Å². The molecule has 0 aliphatic heterocycles. The molecule has 228 valence electrons. The minimum absolute atomic E-state index is 0.0545. The highest BCUT2D eigenvalue weighted by Gasteiger charge is 2.32. The third-order valence-corrected chi connectivity index (χ3v) is 8.25. The first-order chi connectivity index (χ1) is 18.7. The van der Waals surface area contributed by atoms with E-state index in [-0.39, 0.29) is 27.9 Å². The quantitative estimate of drug-likeness (QED) is 0.150. The Morgan fingerprint density at radius 3 is 1.10 bits per heavy atom. The molecule has 0 aromatic heterocycles. The van der Waals surface area contributed by atoms with Crippen LogP contribution in [-0.2, 0) is 21.7 Å². The summed E-state index contributed by atoms with van der Waals surface area (Å²) in [5, 5.41) is 1.19. The largest absolute Gasteiger partial charge is 0.454 e. The minimum Gasteiger partial charge on any atom is -0.454 e. The fourth-order valence-electron chi connectivity index (χ4n) is 5.42.